The number of aromatic nitrogens is 5. The van der Waals surface area contributed by atoms with E-state index in [1.165, 1.54) is 4.57 Å². The lowest BCUT2D eigenvalue weighted by atomic mass is 9.97. The van der Waals surface area contributed by atoms with Crippen molar-refractivity contribution in [1.29, 1.82) is 0 Å². The molecule has 0 saturated carbocycles. The van der Waals surface area contributed by atoms with E-state index in [-0.39, 0.29) is 17.8 Å². The molecule has 3 aromatic heterocycles. The molecular formula is C30H30F3N7. The van der Waals surface area contributed by atoms with Gasteiger partial charge in [-0.25, -0.2) is 19.9 Å². The van der Waals surface area contributed by atoms with E-state index in [2.05, 4.69) is 35.2 Å². The highest BCUT2D eigenvalue weighted by atomic mass is 19.4. The first kappa shape index (κ1) is 27.1. The van der Waals surface area contributed by atoms with Crippen molar-refractivity contribution in [1.82, 2.24) is 24.5 Å². The molecule has 7 nitrogen and oxygen atoms in total. The van der Waals surface area contributed by atoms with Crippen LogP contribution in [-0.4, -0.2) is 24.5 Å². The van der Waals surface area contributed by atoms with Gasteiger partial charge in [-0.05, 0) is 37.0 Å². The lowest BCUT2D eigenvalue weighted by Crippen LogP contribution is -2.06. The number of hydrogen-bond acceptors (Lipinski definition) is 6. The zero-order chi connectivity index (χ0) is 28.6. The van der Waals surface area contributed by atoms with E-state index in [0.29, 0.717) is 35.1 Å². The van der Waals surface area contributed by atoms with E-state index in [1.807, 2.05) is 44.2 Å². The molecule has 10 heteroatoms. The second kappa shape index (κ2) is 10.6. The highest BCUT2D eigenvalue weighted by Crippen LogP contribution is 2.33. The molecule has 3 N–H and O–H groups in total. The molecule has 5 rings (SSSR count). The SMILES string of the molecule is CC(C)c1ccccc1-c1nc(NCc2ccc(-c3nc(C(F)(F)F)cn3C(C)C)cc2)c2cc(N)ncc2n1. The Balaban J connectivity index is 1.46. The second-order valence-electron chi connectivity index (χ2n) is 10.3. The fraction of sp³-hybridized carbons (Fsp3) is 0.267. The van der Waals surface area contributed by atoms with Crippen LogP contribution in [0, 0.1) is 0 Å². The van der Waals surface area contributed by atoms with Crippen LogP contribution in [0.5, 0.6) is 0 Å². The molecule has 0 spiro atoms. The minimum absolute atomic E-state index is 0.178. The van der Waals surface area contributed by atoms with E-state index >= 15 is 0 Å². The largest absolute Gasteiger partial charge is 0.434 e. The van der Waals surface area contributed by atoms with Crippen LogP contribution in [0.25, 0.3) is 33.7 Å². The Kier molecular flexibility index (Phi) is 7.18. The lowest BCUT2D eigenvalue weighted by Gasteiger charge is -2.15. The number of rotatable bonds is 7. The smallest absolute Gasteiger partial charge is 0.384 e. The third-order valence-corrected chi connectivity index (χ3v) is 6.68. The number of alkyl halides is 3. The number of nitrogens with one attached hydrogen (secondary N) is 1. The maximum atomic E-state index is 13.3. The van der Waals surface area contributed by atoms with Crippen molar-refractivity contribution in [3.8, 4) is 22.8 Å². The zero-order valence-corrected chi connectivity index (χ0v) is 22.7. The van der Waals surface area contributed by atoms with Crippen LogP contribution in [0.4, 0.5) is 24.8 Å². The molecule has 5 aromatic rings. The number of anilines is 2. The standard InChI is InChI=1S/C30H30F3N7/c1-17(2)21-7-5-6-8-22(21)28-37-24-15-35-26(34)13-23(24)27(39-28)36-14-19-9-11-20(12-10-19)29-38-25(30(31,32)33)16-40(29)18(3)4/h5-13,15-18H,14H2,1-4H3,(H2,34,35)(H,36,37,39). The summed E-state index contributed by atoms with van der Waals surface area (Å²) < 4.78 is 41.5. The first-order valence-corrected chi connectivity index (χ1v) is 13.0. The molecule has 0 fully saturated rings. The molecular weight excluding hydrogens is 515 g/mol. The molecule has 40 heavy (non-hydrogen) atoms. The predicted molar refractivity (Wildman–Crippen MR) is 152 cm³/mol. The van der Waals surface area contributed by atoms with E-state index in [1.54, 1.807) is 24.4 Å². The van der Waals surface area contributed by atoms with E-state index < -0.39 is 11.9 Å². The van der Waals surface area contributed by atoms with Crippen LogP contribution in [0.3, 0.4) is 0 Å². The van der Waals surface area contributed by atoms with Crippen molar-refractivity contribution in [2.24, 2.45) is 0 Å². The predicted octanol–water partition coefficient (Wildman–Crippen LogP) is 7.47. The molecule has 0 bridgehead atoms. The summed E-state index contributed by atoms with van der Waals surface area (Å²) in [4.78, 5) is 17.7. The van der Waals surface area contributed by atoms with Gasteiger partial charge < -0.3 is 15.6 Å². The summed E-state index contributed by atoms with van der Waals surface area (Å²) >= 11 is 0. The number of nitrogen functional groups attached to an aromatic ring is 1. The highest BCUT2D eigenvalue weighted by molar-refractivity contribution is 5.91. The number of nitrogens with zero attached hydrogens (tertiary/aromatic N) is 5. The van der Waals surface area contributed by atoms with Crippen LogP contribution in [-0.2, 0) is 12.7 Å². The van der Waals surface area contributed by atoms with E-state index in [4.69, 9.17) is 15.7 Å². The molecule has 0 atom stereocenters. The maximum absolute atomic E-state index is 13.3. The summed E-state index contributed by atoms with van der Waals surface area (Å²) in [6.45, 7) is 8.33. The lowest BCUT2D eigenvalue weighted by molar-refractivity contribution is -0.140. The topological polar surface area (TPSA) is 94.5 Å². The third kappa shape index (κ3) is 5.47. The van der Waals surface area contributed by atoms with Crippen molar-refractivity contribution in [2.75, 3.05) is 11.1 Å². The minimum Gasteiger partial charge on any atom is -0.384 e. The van der Waals surface area contributed by atoms with E-state index in [0.717, 1.165) is 28.3 Å². The summed E-state index contributed by atoms with van der Waals surface area (Å²) in [5, 5.41) is 4.14. The van der Waals surface area contributed by atoms with Gasteiger partial charge >= 0.3 is 6.18 Å². The van der Waals surface area contributed by atoms with Crippen molar-refractivity contribution < 1.29 is 13.2 Å². The van der Waals surface area contributed by atoms with Gasteiger partial charge in [-0.2, -0.15) is 13.2 Å². The quantitative estimate of drug-likeness (QED) is 0.220. The average Bonchev–Trinajstić information content (AvgIpc) is 3.39. The first-order valence-electron chi connectivity index (χ1n) is 13.0. The molecule has 3 heterocycles. The summed E-state index contributed by atoms with van der Waals surface area (Å²) in [5.41, 5.74) is 9.34. The number of hydrogen-bond donors (Lipinski definition) is 2. The fourth-order valence-electron chi connectivity index (χ4n) is 4.60. The van der Waals surface area contributed by atoms with Gasteiger partial charge in [0.25, 0.3) is 0 Å². The number of imidazole rings is 1. The highest BCUT2D eigenvalue weighted by Gasteiger charge is 2.35. The van der Waals surface area contributed by atoms with Crippen LogP contribution >= 0.6 is 0 Å². The summed E-state index contributed by atoms with van der Waals surface area (Å²) in [6.07, 6.45) is -1.81. The molecule has 206 valence electrons. The summed E-state index contributed by atoms with van der Waals surface area (Å²) in [5.74, 6) is 2.12. The minimum atomic E-state index is -4.51. The summed E-state index contributed by atoms with van der Waals surface area (Å²) in [6, 6.07) is 16.9. The van der Waals surface area contributed by atoms with Crippen molar-refractivity contribution in [2.45, 2.75) is 52.4 Å². The van der Waals surface area contributed by atoms with Gasteiger partial charge in [-0.1, -0.05) is 62.4 Å². The van der Waals surface area contributed by atoms with Crippen molar-refractivity contribution in [3.63, 3.8) is 0 Å². The Labute approximate surface area is 230 Å². The van der Waals surface area contributed by atoms with Crippen molar-refractivity contribution in [3.05, 3.63) is 83.8 Å². The van der Waals surface area contributed by atoms with Gasteiger partial charge in [0.2, 0.25) is 0 Å². The van der Waals surface area contributed by atoms with Crippen LogP contribution in [0.2, 0.25) is 0 Å². The molecule has 0 amide bonds. The number of fused-ring (bicyclic) bond motifs is 1. The Morgan fingerprint density at radius 3 is 2.35 bits per heavy atom. The van der Waals surface area contributed by atoms with Gasteiger partial charge in [0, 0.05) is 35.3 Å². The number of benzene rings is 2. The zero-order valence-electron chi connectivity index (χ0n) is 22.7. The fourth-order valence-corrected chi connectivity index (χ4v) is 4.60. The van der Waals surface area contributed by atoms with Gasteiger partial charge in [-0.3, -0.25) is 0 Å². The molecule has 0 radical (unpaired) electrons. The van der Waals surface area contributed by atoms with E-state index in [9.17, 15) is 13.2 Å². The van der Waals surface area contributed by atoms with Crippen molar-refractivity contribution >= 4 is 22.5 Å². The number of nitrogens with two attached hydrogens (primary N) is 1. The third-order valence-electron chi connectivity index (χ3n) is 6.68. The van der Waals surface area contributed by atoms with Gasteiger partial charge in [0.1, 0.15) is 17.5 Å². The molecule has 0 aliphatic carbocycles. The molecule has 2 aromatic carbocycles. The first-order chi connectivity index (χ1) is 19.0. The Hall–Kier alpha value is -4.47. The molecule has 0 unspecified atom stereocenters. The van der Waals surface area contributed by atoms with Gasteiger partial charge in [0.05, 0.1) is 11.7 Å². The van der Waals surface area contributed by atoms with Crippen LogP contribution in [0.1, 0.15) is 56.5 Å². The van der Waals surface area contributed by atoms with Crippen LogP contribution < -0.4 is 11.1 Å². The van der Waals surface area contributed by atoms with Gasteiger partial charge in [-0.15, -0.1) is 0 Å². The molecule has 0 aliphatic heterocycles. The van der Waals surface area contributed by atoms with Crippen LogP contribution in [0.15, 0.2) is 67.0 Å². The normalized spacial score (nSPS) is 12.0. The Morgan fingerprint density at radius 1 is 0.950 bits per heavy atom. The second-order valence-corrected chi connectivity index (χ2v) is 10.3. The van der Waals surface area contributed by atoms with Gasteiger partial charge in [0.15, 0.2) is 11.5 Å². The molecule has 0 aliphatic rings. The number of halogens is 3. The Bertz CT molecular complexity index is 1660. The summed E-state index contributed by atoms with van der Waals surface area (Å²) in [7, 11) is 0. The maximum Gasteiger partial charge on any atom is 0.434 e. The molecule has 0 saturated heterocycles. The average molecular weight is 546 g/mol. The Morgan fingerprint density at radius 2 is 1.68 bits per heavy atom. The monoisotopic (exact) mass is 545 g/mol. The number of pyridine rings is 1.